The molecule has 1 aliphatic rings. The van der Waals surface area contributed by atoms with Crippen molar-refractivity contribution in [1.82, 2.24) is 5.32 Å². The number of ether oxygens (including phenoxy) is 2. The van der Waals surface area contributed by atoms with Gasteiger partial charge < -0.3 is 14.8 Å². The zero-order chi connectivity index (χ0) is 8.10. The Balaban J connectivity index is 2.31. The number of hydrogen-bond acceptors (Lipinski definition) is 3. The van der Waals surface area contributed by atoms with E-state index in [1.807, 2.05) is 0 Å². The van der Waals surface area contributed by atoms with Crippen LogP contribution in [0.3, 0.4) is 0 Å². The molecule has 1 aliphatic heterocycles. The molecule has 0 amide bonds. The maximum Gasteiger partial charge on any atom is 0.0645 e. The van der Waals surface area contributed by atoms with Crippen LogP contribution < -0.4 is 5.32 Å². The molecule has 1 saturated heterocycles. The third kappa shape index (κ3) is 2.43. The molecule has 0 unspecified atom stereocenters. The number of hydrogen-bond donors (Lipinski definition) is 1. The van der Waals surface area contributed by atoms with E-state index in [1.165, 1.54) is 0 Å². The van der Waals surface area contributed by atoms with Crippen LogP contribution in [-0.2, 0) is 9.47 Å². The van der Waals surface area contributed by atoms with Gasteiger partial charge in [-0.1, -0.05) is 0 Å². The van der Waals surface area contributed by atoms with Crippen molar-refractivity contribution < 1.29 is 9.47 Å². The molecule has 0 aromatic carbocycles. The minimum absolute atomic E-state index is 0.385. The molecule has 0 spiro atoms. The van der Waals surface area contributed by atoms with Crippen molar-refractivity contribution in [2.24, 2.45) is 5.92 Å². The first kappa shape index (κ1) is 8.97. The zero-order valence-corrected chi connectivity index (χ0v) is 7.30. The van der Waals surface area contributed by atoms with Gasteiger partial charge in [-0.05, 0) is 13.0 Å². The second-order valence-corrected chi connectivity index (χ2v) is 2.98. The summed E-state index contributed by atoms with van der Waals surface area (Å²) in [7, 11) is 3.51. The van der Waals surface area contributed by atoms with Crippen LogP contribution in [0.1, 0.15) is 6.42 Å². The summed E-state index contributed by atoms with van der Waals surface area (Å²) in [5.41, 5.74) is 0. The molecule has 0 aromatic rings. The van der Waals surface area contributed by atoms with Gasteiger partial charge in [0.1, 0.15) is 0 Å². The maximum absolute atomic E-state index is 5.34. The Kier molecular flexibility index (Phi) is 3.83. The number of rotatable bonds is 3. The lowest BCUT2D eigenvalue weighted by atomic mass is 9.97. The minimum Gasteiger partial charge on any atom is -0.384 e. The first-order valence-electron chi connectivity index (χ1n) is 4.11. The van der Waals surface area contributed by atoms with E-state index < -0.39 is 0 Å². The molecule has 0 bridgehead atoms. The van der Waals surface area contributed by atoms with E-state index >= 15 is 0 Å². The lowest BCUT2D eigenvalue weighted by Gasteiger charge is -2.30. The third-order valence-electron chi connectivity index (χ3n) is 2.22. The smallest absolute Gasteiger partial charge is 0.0645 e. The monoisotopic (exact) mass is 159 g/mol. The van der Waals surface area contributed by atoms with Crippen LogP contribution in [0.5, 0.6) is 0 Å². The highest BCUT2D eigenvalue weighted by molar-refractivity contribution is 4.77. The number of nitrogens with one attached hydrogen (secondary N) is 1. The predicted molar refractivity (Wildman–Crippen MR) is 43.6 cm³/mol. The molecular formula is C8H17NO2. The fraction of sp³-hybridized carbons (Fsp3) is 1.00. The number of piperidine rings is 1. The Bertz CT molecular complexity index is 106. The van der Waals surface area contributed by atoms with Gasteiger partial charge >= 0.3 is 0 Å². The Labute approximate surface area is 68.1 Å². The Morgan fingerprint density at radius 3 is 2.91 bits per heavy atom. The summed E-state index contributed by atoms with van der Waals surface area (Å²) < 4.78 is 10.4. The van der Waals surface area contributed by atoms with Gasteiger partial charge in [-0.15, -0.1) is 0 Å². The van der Waals surface area contributed by atoms with Crippen LogP contribution in [0.25, 0.3) is 0 Å². The summed E-state index contributed by atoms with van der Waals surface area (Å²) in [6.07, 6.45) is 1.49. The van der Waals surface area contributed by atoms with Gasteiger partial charge in [0.25, 0.3) is 0 Å². The second-order valence-electron chi connectivity index (χ2n) is 2.98. The quantitative estimate of drug-likeness (QED) is 0.640. The Morgan fingerprint density at radius 2 is 2.27 bits per heavy atom. The first-order valence-corrected chi connectivity index (χ1v) is 4.11. The topological polar surface area (TPSA) is 30.5 Å². The molecule has 1 rings (SSSR count). The molecule has 66 valence electrons. The zero-order valence-electron chi connectivity index (χ0n) is 7.30. The molecule has 1 fully saturated rings. The fourth-order valence-corrected chi connectivity index (χ4v) is 1.59. The second kappa shape index (κ2) is 4.70. The van der Waals surface area contributed by atoms with Gasteiger partial charge in [-0.25, -0.2) is 0 Å². The average molecular weight is 159 g/mol. The standard InChI is InChI=1S/C8H17NO2/c1-10-6-7-5-9-4-3-8(7)11-2/h7-9H,3-6H2,1-2H3/t7-,8-/m0/s1. The van der Waals surface area contributed by atoms with E-state index in [0.717, 1.165) is 26.1 Å². The fourth-order valence-electron chi connectivity index (χ4n) is 1.59. The summed E-state index contributed by atoms with van der Waals surface area (Å²) in [5, 5.41) is 3.32. The Hall–Kier alpha value is -0.120. The molecule has 1 heterocycles. The van der Waals surface area contributed by atoms with Gasteiger partial charge in [0.05, 0.1) is 12.7 Å². The van der Waals surface area contributed by atoms with Crippen LogP contribution in [0.4, 0.5) is 0 Å². The van der Waals surface area contributed by atoms with Gasteiger partial charge in [-0.3, -0.25) is 0 Å². The summed E-state index contributed by atoms with van der Waals surface area (Å²) >= 11 is 0. The van der Waals surface area contributed by atoms with Crippen LogP contribution in [0.15, 0.2) is 0 Å². The summed E-state index contributed by atoms with van der Waals surface area (Å²) in [6, 6.07) is 0. The Morgan fingerprint density at radius 1 is 1.45 bits per heavy atom. The van der Waals surface area contributed by atoms with Gasteiger partial charge in [0, 0.05) is 26.7 Å². The predicted octanol–water partition coefficient (Wildman–Crippen LogP) is 0.257. The molecular weight excluding hydrogens is 142 g/mol. The molecule has 0 aromatic heterocycles. The van der Waals surface area contributed by atoms with E-state index in [4.69, 9.17) is 9.47 Å². The maximum atomic E-state index is 5.34. The highest BCUT2D eigenvalue weighted by Gasteiger charge is 2.23. The normalized spacial score (nSPS) is 32.2. The lowest BCUT2D eigenvalue weighted by molar-refractivity contribution is -0.00252. The van der Waals surface area contributed by atoms with Crippen LogP contribution in [0.2, 0.25) is 0 Å². The van der Waals surface area contributed by atoms with Crippen molar-refractivity contribution >= 4 is 0 Å². The van der Waals surface area contributed by atoms with Gasteiger partial charge in [0.2, 0.25) is 0 Å². The van der Waals surface area contributed by atoms with E-state index in [1.54, 1.807) is 14.2 Å². The average Bonchev–Trinajstić information content (AvgIpc) is 2.06. The molecule has 0 saturated carbocycles. The van der Waals surface area contributed by atoms with E-state index in [9.17, 15) is 0 Å². The molecule has 1 N–H and O–H groups in total. The largest absolute Gasteiger partial charge is 0.384 e. The van der Waals surface area contributed by atoms with E-state index in [-0.39, 0.29) is 0 Å². The molecule has 0 radical (unpaired) electrons. The first-order chi connectivity index (χ1) is 5.38. The summed E-state index contributed by atoms with van der Waals surface area (Å²) in [4.78, 5) is 0. The van der Waals surface area contributed by atoms with Crippen molar-refractivity contribution in [2.45, 2.75) is 12.5 Å². The number of methoxy groups -OCH3 is 2. The van der Waals surface area contributed by atoms with Crippen molar-refractivity contribution in [3.8, 4) is 0 Å². The van der Waals surface area contributed by atoms with Crippen molar-refractivity contribution in [3.05, 3.63) is 0 Å². The van der Waals surface area contributed by atoms with Crippen molar-refractivity contribution in [1.29, 1.82) is 0 Å². The summed E-state index contributed by atoms with van der Waals surface area (Å²) in [6.45, 7) is 2.89. The van der Waals surface area contributed by atoms with Crippen LogP contribution >= 0.6 is 0 Å². The van der Waals surface area contributed by atoms with Gasteiger partial charge in [-0.2, -0.15) is 0 Å². The molecule has 11 heavy (non-hydrogen) atoms. The molecule has 0 aliphatic carbocycles. The van der Waals surface area contributed by atoms with E-state index in [2.05, 4.69) is 5.32 Å². The van der Waals surface area contributed by atoms with E-state index in [0.29, 0.717) is 12.0 Å². The van der Waals surface area contributed by atoms with Crippen LogP contribution in [-0.4, -0.2) is 40.0 Å². The van der Waals surface area contributed by atoms with Gasteiger partial charge in [0.15, 0.2) is 0 Å². The molecule has 2 atom stereocenters. The highest BCUT2D eigenvalue weighted by atomic mass is 16.5. The SMILES string of the molecule is COC[C@@H]1CNCC[C@@H]1OC. The highest BCUT2D eigenvalue weighted by Crippen LogP contribution is 2.14. The minimum atomic E-state index is 0.385. The van der Waals surface area contributed by atoms with Crippen LogP contribution in [0, 0.1) is 5.92 Å². The molecule has 3 nitrogen and oxygen atoms in total. The summed E-state index contributed by atoms with van der Waals surface area (Å²) in [5.74, 6) is 0.527. The third-order valence-corrected chi connectivity index (χ3v) is 2.22. The van der Waals surface area contributed by atoms with Crippen molar-refractivity contribution in [2.75, 3.05) is 33.9 Å². The lowest BCUT2D eigenvalue weighted by Crippen LogP contribution is -2.42. The van der Waals surface area contributed by atoms with Crippen molar-refractivity contribution in [3.63, 3.8) is 0 Å². The molecule has 3 heteroatoms.